The third-order valence-electron chi connectivity index (χ3n) is 4.73. The molecule has 7 nitrogen and oxygen atoms in total. The molecule has 1 N–H and O–H groups in total. The molecule has 27 heavy (non-hydrogen) atoms. The van der Waals surface area contributed by atoms with Crippen LogP contribution >= 0.6 is 0 Å². The van der Waals surface area contributed by atoms with E-state index in [9.17, 15) is 9.18 Å². The highest BCUT2D eigenvalue weighted by Crippen LogP contribution is 2.37. The lowest BCUT2D eigenvalue weighted by Gasteiger charge is -2.22. The van der Waals surface area contributed by atoms with Gasteiger partial charge in [0.1, 0.15) is 23.3 Å². The van der Waals surface area contributed by atoms with Gasteiger partial charge in [0.25, 0.3) is 0 Å². The van der Waals surface area contributed by atoms with Crippen molar-refractivity contribution in [2.24, 2.45) is 0 Å². The highest BCUT2D eigenvalue weighted by molar-refractivity contribution is 5.73. The molecule has 3 aromatic rings. The number of imidazole rings is 1. The Morgan fingerprint density at radius 3 is 2.85 bits per heavy atom. The molecule has 1 aliphatic carbocycles. The normalized spacial score (nSPS) is 20.3. The maximum absolute atomic E-state index is 13.6. The van der Waals surface area contributed by atoms with E-state index in [0.717, 1.165) is 11.5 Å². The molecule has 1 fully saturated rings. The summed E-state index contributed by atoms with van der Waals surface area (Å²) in [6, 6.07) is 3.69. The molecule has 8 heteroatoms. The molecular weight excluding hydrogens is 347 g/mol. The number of carbonyl (C=O) groups is 1. The zero-order valence-electron chi connectivity index (χ0n) is 15.6. The molecule has 4 rings (SSSR count). The van der Waals surface area contributed by atoms with Gasteiger partial charge in [0.2, 0.25) is 5.95 Å². The first-order valence-electron chi connectivity index (χ1n) is 8.99. The van der Waals surface area contributed by atoms with Crippen molar-refractivity contribution in [3.8, 4) is 0 Å². The van der Waals surface area contributed by atoms with Crippen molar-refractivity contribution in [2.45, 2.75) is 51.2 Å². The van der Waals surface area contributed by atoms with Crippen LogP contribution in [-0.4, -0.2) is 36.6 Å². The van der Waals surface area contributed by atoms with E-state index >= 15 is 0 Å². The van der Waals surface area contributed by atoms with Crippen molar-refractivity contribution in [1.29, 1.82) is 0 Å². The second-order valence-electron chi connectivity index (χ2n) is 7.86. The second kappa shape index (κ2) is 6.44. The smallest absolute Gasteiger partial charge is 0.214 e. The lowest BCUT2D eigenvalue weighted by molar-refractivity contribution is 0.111. The Labute approximate surface area is 156 Å². The predicted octanol–water partition coefficient (Wildman–Crippen LogP) is 3.66. The van der Waals surface area contributed by atoms with Gasteiger partial charge in [-0.2, -0.15) is 5.10 Å². The first-order valence-corrected chi connectivity index (χ1v) is 8.99. The highest BCUT2D eigenvalue weighted by atomic mass is 19.1. The molecule has 0 amide bonds. The Bertz CT molecular complexity index is 986. The third kappa shape index (κ3) is 3.31. The van der Waals surface area contributed by atoms with Crippen molar-refractivity contribution in [2.75, 3.05) is 5.32 Å². The van der Waals surface area contributed by atoms with Gasteiger partial charge in [0.05, 0.1) is 11.2 Å². The van der Waals surface area contributed by atoms with Crippen LogP contribution in [0.2, 0.25) is 0 Å². The Morgan fingerprint density at radius 1 is 1.37 bits per heavy atom. The lowest BCUT2D eigenvalue weighted by atomic mass is 10.0. The van der Waals surface area contributed by atoms with Crippen LogP contribution in [0, 0.1) is 6.42 Å². The van der Waals surface area contributed by atoms with Crippen molar-refractivity contribution >= 4 is 23.7 Å². The van der Waals surface area contributed by atoms with Crippen molar-refractivity contribution in [3.05, 3.63) is 42.3 Å². The summed E-state index contributed by atoms with van der Waals surface area (Å²) in [4.78, 5) is 19.7. The van der Waals surface area contributed by atoms with E-state index in [1.165, 1.54) is 0 Å². The number of rotatable bonds is 4. The van der Waals surface area contributed by atoms with Gasteiger partial charge in [-0.3, -0.25) is 9.20 Å². The van der Waals surface area contributed by atoms with E-state index < -0.39 is 6.17 Å². The largest absolute Gasteiger partial charge is 0.310 e. The molecule has 2 atom stereocenters. The van der Waals surface area contributed by atoms with Gasteiger partial charge in [-0.1, -0.05) is 0 Å². The number of anilines is 2. The highest BCUT2D eigenvalue weighted by Gasteiger charge is 2.30. The maximum atomic E-state index is 13.6. The van der Waals surface area contributed by atoms with Crippen LogP contribution in [0.15, 0.2) is 24.5 Å². The Kier molecular flexibility index (Phi) is 4.20. The van der Waals surface area contributed by atoms with E-state index in [0.29, 0.717) is 36.4 Å². The molecule has 0 spiro atoms. The molecule has 3 aromatic heterocycles. The molecule has 141 valence electrons. The number of nitrogens with zero attached hydrogens (tertiary/aromatic N) is 5. The van der Waals surface area contributed by atoms with Gasteiger partial charge in [0.15, 0.2) is 6.29 Å². The van der Waals surface area contributed by atoms with Gasteiger partial charge in [-0.15, -0.1) is 0 Å². The quantitative estimate of drug-likeness (QED) is 0.710. The van der Waals surface area contributed by atoms with Crippen molar-refractivity contribution in [1.82, 2.24) is 24.1 Å². The number of hydrogen-bond donors (Lipinski definition) is 1. The van der Waals surface area contributed by atoms with Gasteiger partial charge in [-0.05, 0) is 46.1 Å². The summed E-state index contributed by atoms with van der Waals surface area (Å²) in [5, 5.41) is 8.06. The van der Waals surface area contributed by atoms with Crippen LogP contribution in [-0.2, 0) is 5.54 Å². The van der Waals surface area contributed by atoms with E-state index in [1.807, 2.05) is 10.7 Å². The summed E-state index contributed by atoms with van der Waals surface area (Å²) in [6.45, 7) is 6.18. The zero-order chi connectivity index (χ0) is 19.2. The summed E-state index contributed by atoms with van der Waals surface area (Å²) >= 11 is 0. The second-order valence-corrected chi connectivity index (χ2v) is 7.86. The van der Waals surface area contributed by atoms with E-state index in [-0.39, 0.29) is 11.5 Å². The van der Waals surface area contributed by atoms with Gasteiger partial charge in [-0.25, -0.2) is 19.0 Å². The maximum Gasteiger partial charge on any atom is 0.214 e. The third-order valence-corrected chi connectivity index (χ3v) is 4.73. The zero-order valence-corrected chi connectivity index (χ0v) is 15.6. The average Bonchev–Trinajstić information content (AvgIpc) is 3.31. The number of nitrogens with one attached hydrogen (secondary N) is 1. The number of fused-ring (bicyclic) bond motifs is 1. The van der Waals surface area contributed by atoms with Crippen molar-refractivity contribution in [3.63, 3.8) is 0 Å². The van der Waals surface area contributed by atoms with E-state index in [1.54, 1.807) is 29.3 Å². The number of halogens is 1. The number of carbonyl (C=O) groups excluding carboxylic acids is 1. The Hall–Kier alpha value is -2.77. The molecule has 1 radical (unpaired) electrons. The van der Waals surface area contributed by atoms with Crippen LogP contribution in [0.5, 0.6) is 0 Å². The molecule has 0 aliphatic heterocycles. The Balaban J connectivity index is 1.74. The predicted molar refractivity (Wildman–Crippen MR) is 100 cm³/mol. The fourth-order valence-electron chi connectivity index (χ4n) is 3.42. The van der Waals surface area contributed by atoms with E-state index in [2.05, 4.69) is 36.1 Å². The first-order chi connectivity index (χ1) is 12.8. The minimum absolute atomic E-state index is 0.0859. The molecule has 0 aromatic carbocycles. The summed E-state index contributed by atoms with van der Waals surface area (Å²) in [6.07, 6.45) is 5.99. The summed E-state index contributed by atoms with van der Waals surface area (Å²) in [7, 11) is 0. The van der Waals surface area contributed by atoms with Crippen LogP contribution in [0.25, 0.3) is 5.65 Å². The minimum Gasteiger partial charge on any atom is -0.310 e. The van der Waals surface area contributed by atoms with Gasteiger partial charge in [0, 0.05) is 24.4 Å². The van der Waals surface area contributed by atoms with Crippen molar-refractivity contribution < 1.29 is 9.18 Å². The molecule has 3 heterocycles. The van der Waals surface area contributed by atoms with E-state index in [4.69, 9.17) is 5.10 Å². The average molecular weight is 369 g/mol. The summed E-state index contributed by atoms with van der Waals surface area (Å²) < 4.78 is 17.2. The van der Waals surface area contributed by atoms with Crippen LogP contribution < -0.4 is 5.32 Å². The molecule has 0 saturated heterocycles. The summed E-state index contributed by atoms with van der Waals surface area (Å²) in [5.74, 6) is 1.38. The Morgan fingerprint density at radius 2 is 2.19 bits per heavy atom. The van der Waals surface area contributed by atoms with Gasteiger partial charge >= 0.3 is 0 Å². The number of hydrogen-bond acceptors (Lipinski definition) is 5. The number of alkyl halides is 1. The van der Waals surface area contributed by atoms with Crippen LogP contribution in [0.3, 0.4) is 0 Å². The summed E-state index contributed by atoms with van der Waals surface area (Å²) in [5.41, 5.74) is 1.57. The minimum atomic E-state index is -0.866. The number of aromatic nitrogens is 5. The van der Waals surface area contributed by atoms with Crippen LogP contribution in [0.4, 0.5) is 16.2 Å². The fraction of sp³-hybridized carbons (Fsp3) is 0.421. The van der Waals surface area contributed by atoms with Crippen LogP contribution in [0.1, 0.15) is 55.7 Å². The molecule has 1 saturated carbocycles. The lowest BCUT2D eigenvalue weighted by Crippen LogP contribution is -2.25. The fourth-order valence-corrected chi connectivity index (χ4v) is 3.42. The molecule has 0 bridgehead atoms. The SMILES string of the molecule is CC(C)(C)n1nc(C2C[CH]C(F)C2)cc1Nc1nccc2nc(C=O)cn12. The molecular formula is C19H22FN6O. The standard InChI is InChI=1S/C19H22FN6O/c1-19(2,3)26-17(9-15(24-26)12-4-5-13(20)8-12)23-18-21-7-6-16-22-14(11-27)10-25(16)18/h5-7,9-13H,4,8H2,1-3H3,(H,21,23). The number of aldehydes is 1. The first kappa shape index (κ1) is 17.6. The van der Waals surface area contributed by atoms with Gasteiger partial charge < -0.3 is 5.32 Å². The monoisotopic (exact) mass is 369 g/mol. The topological polar surface area (TPSA) is 77.1 Å². The molecule has 2 unspecified atom stereocenters. The molecule has 1 aliphatic rings.